The monoisotopic (exact) mass is 551 g/mol. The molecule has 2 aromatic heterocycles. The number of hydrogen-bond donors (Lipinski definition) is 0. The Bertz CT molecular complexity index is 2170. The maximum atomic E-state index is 6.41. The van der Waals surface area contributed by atoms with Crippen molar-refractivity contribution in [2.45, 2.75) is 0 Å². The lowest BCUT2D eigenvalue weighted by Gasteiger charge is -2.11. The van der Waals surface area contributed by atoms with Gasteiger partial charge in [-0.2, -0.15) is 0 Å². The predicted octanol–water partition coefficient (Wildman–Crippen LogP) is 10.1. The number of rotatable bonds is 5. The van der Waals surface area contributed by atoms with Crippen molar-refractivity contribution in [3.05, 3.63) is 152 Å². The zero-order valence-corrected chi connectivity index (χ0v) is 23.2. The molecule has 202 valence electrons. The third-order valence-corrected chi connectivity index (χ3v) is 7.72. The number of para-hydroxylation sites is 1. The van der Waals surface area contributed by atoms with Crippen molar-refractivity contribution in [3.8, 4) is 56.4 Å². The highest BCUT2D eigenvalue weighted by molar-refractivity contribution is 6.11. The summed E-state index contributed by atoms with van der Waals surface area (Å²) in [6.07, 6.45) is 0. The second-order valence-corrected chi connectivity index (χ2v) is 10.5. The molecule has 0 N–H and O–H groups in total. The highest BCUT2D eigenvalue weighted by Gasteiger charge is 2.16. The highest BCUT2D eigenvalue weighted by atomic mass is 16.3. The highest BCUT2D eigenvalue weighted by Crippen LogP contribution is 2.40. The zero-order valence-electron chi connectivity index (χ0n) is 23.2. The number of nitrogens with zero attached hydrogens (tertiary/aromatic N) is 3. The summed E-state index contributed by atoms with van der Waals surface area (Å²) in [5.74, 6) is 1.92. The summed E-state index contributed by atoms with van der Waals surface area (Å²) in [4.78, 5) is 14.7. The van der Waals surface area contributed by atoms with Gasteiger partial charge in [-0.1, -0.05) is 127 Å². The quantitative estimate of drug-likeness (QED) is 0.214. The normalized spacial score (nSPS) is 11.3. The Balaban J connectivity index is 1.31. The van der Waals surface area contributed by atoms with Crippen molar-refractivity contribution in [2.75, 3.05) is 0 Å². The first-order valence-corrected chi connectivity index (χ1v) is 14.3. The lowest BCUT2D eigenvalue weighted by atomic mass is 9.95. The van der Waals surface area contributed by atoms with Gasteiger partial charge in [0.05, 0.1) is 0 Å². The topological polar surface area (TPSA) is 51.8 Å². The van der Waals surface area contributed by atoms with Gasteiger partial charge in [0.1, 0.15) is 11.2 Å². The fourth-order valence-electron chi connectivity index (χ4n) is 5.60. The third kappa shape index (κ3) is 4.65. The molecule has 0 aliphatic rings. The van der Waals surface area contributed by atoms with E-state index in [0.717, 1.165) is 60.9 Å². The largest absolute Gasteiger partial charge is 0.455 e. The Morgan fingerprint density at radius 1 is 0.349 bits per heavy atom. The molecule has 0 aliphatic heterocycles. The summed E-state index contributed by atoms with van der Waals surface area (Å²) in [5, 5.41) is 2.19. The van der Waals surface area contributed by atoms with Crippen LogP contribution in [0.4, 0.5) is 0 Å². The third-order valence-electron chi connectivity index (χ3n) is 7.72. The fourth-order valence-corrected chi connectivity index (χ4v) is 5.60. The van der Waals surface area contributed by atoms with Crippen LogP contribution in [0.15, 0.2) is 156 Å². The molecule has 0 bridgehead atoms. The second kappa shape index (κ2) is 10.5. The molecule has 8 rings (SSSR count). The first-order valence-electron chi connectivity index (χ1n) is 14.3. The van der Waals surface area contributed by atoms with E-state index >= 15 is 0 Å². The van der Waals surface area contributed by atoms with E-state index in [4.69, 9.17) is 19.4 Å². The maximum absolute atomic E-state index is 6.41. The van der Waals surface area contributed by atoms with Crippen molar-refractivity contribution in [1.82, 2.24) is 15.0 Å². The molecule has 4 heteroatoms. The molecule has 0 atom stereocenters. The van der Waals surface area contributed by atoms with E-state index in [1.54, 1.807) is 0 Å². The number of hydrogen-bond acceptors (Lipinski definition) is 4. The average molecular weight is 552 g/mol. The van der Waals surface area contributed by atoms with Gasteiger partial charge in [0.25, 0.3) is 0 Å². The van der Waals surface area contributed by atoms with E-state index in [-0.39, 0.29) is 0 Å². The molecule has 2 heterocycles. The molecule has 0 spiro atoms. The molecule has 0 saturated heterocycles. The number of furan rings is 1. The molecule has 4 nitrogen and oxygen atoms in total. The Kier molecular flexibility index (Phi) is 6.08. The molecule has 0 fully saturated rings. The van der Waals surface area contributed by atoms with Crippen LogP contribution in [0.3, 0.4) is 0 Å². The van der Waals surface area contributed by atoms with Crippen molar-refractivity contribution < 1.29 is 4.42 Å². The molecule has 43 heavy (non-hydrogen) atoms. The van der Waals surface area contributed by atoms with Gasteiger partial charge >= 0.3 is 0 Å². The van der Waals surface area contributed by atoms with Crippen molar-refractivity contribution in [2.24, 2.45) is 0 Å². The van der Waals surface area contributed by atoms with Gasteiger partial charge in [0.2, 0.25) is 0 Å². The van der Waals surface area contributed by atoms with E-state index in [1.165, 1.54) is 0 Å². The lowest BCUT2D eigenvalue weighted by Crippen LogP contribution is -2.00. The minimum absolute atomic E-state index is 0.632. The number of fused-ring (bicyclic) bond motifs is 3. The van der Waals surface area contributed by atoms with Gasteiger partial charge in [0, 0.05) is 33.0 Å². The zero-order chi connectivity index (χ0) is 28.6. The van der Waals surface area contributed by atoms with Gasteiger partial charge in [0.15, 0.2) is 17.5 Å². The molecular formula is C39H25N3O. The lowest BCUT2D eigenvalue weighted by molar-refractivity contribution is 0.670. The first-order chi connectivity index (χ1) is 21.3. The minimum atomic E-state index is 0.632. The van der Waals surface area contributed by atoms with E-state index in [0.29, 0.717) is 17.5 Å². The van der Waals surface area contributed by atoms with E-state index in [9.17, 15) is 0 Å². The van der Waals surface area contributed by atoms with Crippen LogP contribution in [0.25, 0.3) is 78.4 Å². The van der Waals surface area contributed by atoms with Gasteiger partial charge in [-0.25, -0.2) is 15.0 Å². The molecule has 6 aromatic carbocycles. The Morgan fingerprint density at radius 2 is 0.860 bits per heavy atom. The van der Waals surface area contributed by atoms with Crippen LogP contribution in [0.1, 0.15) is 0 Å². The van der Waals surface area contributed by atoms with Gasteiger partial charge in [-0.05, 0) is 41.0 Å². The van der Waals surface area contributed by atoms with Crippen LogP contribution in [0, 0.1) is 0 Å². The maximum Gasteiger partial charge on any atom is 0.164 e. The van der Waals surface area contributed by atoms with Crippen LogP contribution in [0.5, 0.6) is 0 Å². The van der Waals surface area contributed by atoms with Crippen molar-refractivity contribution in [1.29, 1.82) is 0 Å². The summed E-state index contributed by atoms with van der Waals surface area (Å²) in [6.45, 7) is 0. The minimum Gasteiger partial charge on any atom is -0.455 e. The summed E-state index contributed by atoms with van der Waals surface area (Å²) in [6, 6.07) is 51.6. The molecular weight excluding hydrogens is 526 g/mol. The van der Waals surface area contributed by atoms with E-state index < -0.39 is 0 Å². The summed E-state index contributed by atoms with van der Waals surface area (Å²) in [7, 11) is 0. The molecule has 0 aliphatic carbocycles. The number of aromatic nitrogens is 3. The Labute approximate surface area is 249 Å². The Hall–Kier alpha value is -5.87. The van der Waals surface area contributed by atoms with Crippen molar-refractivity contribution in [3.63, 3.8) is 0 Å². The summed E-state index contributed by atoms with van der Waals surface area (Å²) >= 11 is 0. The predicted molar refractivity (Wildman–Crippen MR) is 174 cm³/mol. The van der Waals surface area contributed by atoms with Crippen LogP contribution in [-0.4, -0.2) is 15.0 Å². The fraction of sp³-hybridized carbons (Fsp3) is 0. The SMILES string of the molecule is c1ccc(-c2nc(-c3ccccc3)nc(-c3cccc(-c4cc(-c5ccccc5)c5oc6ccccc6c5c4)c3)n2)cc1. The number of benzene rings is 6. The molecule has 0 amide bonds. The van der Waals surface area contributed by atoms with E-state index in [1.807, 2.05) is 78.9 Å². The average Bonchev–Trinajstić information content (AvgIpc) is 3.48. The van der Waals surface area contributed by atoms with Gasteiger partial charge in [-0.15, -0.1) is 0 Å². The summed E-state index contributed by atoms with van der Waals surface area (Å²) < 4.78 is 6.41. The van der Waals surface area contributed by atoms with Gasteiger partial charge < -0.3 is 4.42 Å². The molecule has 8 aromatic rings. The van der Waals surface area contributed by atoms with Crippen molar-refractivity contribution >= 4 is 21.9 Å². The molecule has 0 radical (unpaired) electrons. The van der Waals surface area contributed by atoms with Crippen LogP contribution >= 0.6 is 0 Å². The smallest absolute Gasteiger partial charge is 0.164 e. The van der Waals surface area contributed by atoms with Crippen LogP contribution < -0.4 is 0 Å². The first kappa shape index (κ1) is 24.9. The molecule has 0 saturated carbocycles. The van der Waals surface area contributed by atoms with Crippen LogP contribution in [-0.2, 0) is 0 Å². The summed E-state index contributed by atoms with van der Waals surface area (Å²) in [5.41, 5.74) is 8.94. The van der Waals surface area contributed by atoms with Gasteiger partial charge in [-0.3, -0.25) is 0 Å². The standard InChI is InChI=1S/C39H25N3O/c1-4-13-26(14-5-1)33-24-31(25-34-32-21-10-11-22-35(32)43-36(33)34)29-19-12-20-30(23-29)39-41-37(27-15-6-2-7-16-27)40-38(42-39)28-17-8-3-9-18-28/h1-25H. The van der Waals surface area contributed by atoms with Crippen LogP contribution in [0.2, 0.25) is 0 Å². The second-order valence-electron chi connectivity index (χ2n) is 10.5. The van der Waals surface area contributed by atoms with E-state index in [2.05, 4.69) is 72.8 Å². The Morgan fingerprint density at radius 3 is 1.51 bits per heavy atom. The molecule has 0 unspecified atom stereocenters.